The van der Waals surface area contributed by atoms with E-state index >= 15 is 0 Å². The Labute approximate surface area is 151 Å². The van der Waals surface area contributed by atoms with Crippen molar-refractivity contribution < 1.29 is 4.79 Å². The third kappa shape index (κ3) is 2.93. The zero-order valence-electron chi connectivity index (χ0n) is 13.7. The van der Waals surface area contributed by atoms with E-state index in [0.29, 0.717) is 5.92 Å². The van der Waals surface area contributed by atoms with Gasteiger partial charge >= 0.3 is 0 Å². The monoisotopic (exact) mass is 387 g/mol. The van der Waals surface area contributed by atoms with E-state index < -0.39 is 0 Å². The highest BCUT2D eigenvalue weighted by molar-refractivity contribution is 9.10. The highest BCUT2D eigenvalue weighted by atomic mass is 79.9. The second-order valence-corrected chi connectivity index (χ2v) is 8.38. The number of halogens is 1. The molecule has 1 N–H and O–H groups in total. The lowest BCUT2D eigenvalue weighted by atomic mass is 9.82. The number of carbonyl (C=O) groups excluding carboxylic acids is 1. The maximum atomic E-state index is 12.8. The van der Waals surface area contributed by atoms with Crippen LogP contribution in [-0.4, -0.2) is 29.4 Å². The molecule has 1 unspecified atom stereocenters. The average Bonchev–Trinajstić information content (AvgIpc) is 2.80. The molecule has 5 heteroatoms. The van der Waals surface area contributed by atoms with E-state index in [1.165, 1.54) is 17.5 Å². The van der Waals surface area contributed by atoms with Crippen molar-refractivity contribution in [2.75, 3.05) is 6.54 Å². The molecule has 126 valence electrons. The summed E-state index contributed by atoms with van der Waals surface area (Å²) in [5.74, 6) is 0.853. The number of hydrogen-bond donors (Lipinski definition) is 1. The lowest BCUT2D eigenvalue weighted by Crippen LogP contribution is -2.52. The van der Waals surface area contributed by atoms with Crippen LogP contribution in [0.5, 0.6) is 0 Å². The van der Waals surface area contributed by atoms with Crippen LogP contribution in [0.15, 0.2) is 22.7 Å². The minimum absolute atomic E-state index is 0.0339. The summed E-state index contributed by atoms with van der Waals surface area (Å²) in [6.45, 7) is 0.848. The molecule has 2 saturated heterocycles. The minimum Gasteiger partial charge on any atom is -0.351 e. The van der Waals surface area contributed by atoms with Crippen molar-refractivity contribution in [1.82, 2.24) is 10.2 Å². The minimum atomic E-state index is 0.0339. The van der Waals surface area contributed by atoms with Crippen LogP contribution < -0.4 is 5.32 Å². The maximum absolute atomic E-state index is 12.8. The molecule has 1 amide bonds. The van der Waals surface area contributed by atoms with Crippen LogP contribution in [0.2, 0.25) is 0 Å². The fourth-order valence-electron chi connectivity index (χ4n) is 4.72. The predicted octanol–water partition coefficient (Wildman–Crippen LogP) is 3.00. The van der Waals surface area contributed by atoms with Crippen molar-refractivity contribution in [3.05, 3.63) is 33.8 Å². The van der Waals surface area contributed by atoms with Gasteiger partial charge in [-0.3, -0.25) is 4.79 Å². The zero-order valence-corrected chi connectivity index (χ0v) is 15.3. The van der Waals surface area contributed by atoms with Crippen LogP contribution >= 0.6 is 15.9 Å². The van der Waals surface area contributed by atoms with E-state index in [-0.39, 0.29) is 23.9 Å². The third-order valence-electron chi connectivity index (χ3n) is 6.03. The summed E-state index contributed by atoms with van der Waals surface area (Å²) < 4.78 is 1.08. The molecule has 4 nitrogen and oxygen atoms in total. The Bertz CT molecular complexity index is 698. The number of rotatable bonds is 2. The first-order chi connectivity index (χ1) is 11.6. The van der Waals surface area contributed by atoms with Crippen LogP contribution in [0.4, 0.5) is 0 Å². The molecule has 0 spiro atoms. The van der Waals surface area contributed by atoms with Crippen LogP contribution in [0, 0.1) is 23.3 Å². The first-order valence-electron chi connectivity index (χ1n) is 8.88. The maximum Gasteiger partial charge on any atom is 0.224 e. The molecular weight excluding hydrogens is 366 g/mol. The van der Waals surface area contributed by atoms with E-state index in [4.69, 9.17) is 0 Å². The van der Waals surface area contributed by atoms with Crippen molar-refractivity contribution in [3.63, 3.8) is 0 Å². The topological polar surface area (TPSA) is 56.1 Å². The summed E-state index contributed by atoms with van der Waals surface area (Å²) >= 11 is 3.51. The lowest BCUT2D eigenvalue weighted by molar-refractivity contribution is -0.126. The summed E-state index contributed by atoms with van der Waals surface area (Å²) in [7, 11) is 0. The van der Waals surface area contributed by atoms with Crippen LogP contribution in [0.3, 0.4) is 0 Å². The SMILES string of the molecule is N#CN1CC[C@@H]2CCC1[C@H](NC(=O)[C@@H]1Cc3ccc(Br)cc3C1)C2. The Morgan fingerprint density at radius 1 is 1.25 bits per heavy atom. The normalized spacial score (nSPS) is 31.2. The Kier molecular flexibility index (Phi) is 4.26. The molecule has 3 fully saturated rings. The molecule has 0 radical (unpaired) electrons. The quantitative estimate of drug-likeness (QED) is 0.793. The Hall–Kier alpha value is -1.54. The predicted molar refractivity (Wildman–Crippen MR) is 95.0 cm³/mol. The summed E-state index contributed by atoms with van der Waals surface area (Å²) in [4.78, 5) is 14.7. The summed E-state index contributed by atoms with van der Waals surface area (Å²) in [5.41, 5.74) is 2.57. The standard InChI is InChI=1S/C19H22BrN3O/c20-16-3-2-13-8-15(9-14(13)10-16)19(24)22-17-7-12-1-4-18(17)23(11-21)6-5-12/h2-3,10,12,15,17-18H,1,4-9H2,(H,22,24)/t12-,15+,17+,18?/m0/s1. The van der Waals surface area contributed by atoms with E-state index in [2.05, 4.69) is 39.6 Å². The van der Waals surface area contributed by atoms with Crippen molar-refractivity contribution in [2.45, 2.75) is 50.6 Å². The van der Waals surface area contributed by atoms with Gasteiger partial charge in [0, 0.05) is 16.9 Å². The Balaban J connectivity index is 1.44. The van der Waals surface area contributed by atoms with E-state index in [0.717, 1.165) is 43.1 Å². The molecule has 1 aromatic rings. The van der Waals surface area contributed by atoms with Gasteiger partial charge in [0.1, 0.15) is 0 Å². The van der Waals surface area contributed by atoms with Crippen LogP contribution in [0.1, 0.15) is 36.8 Å². The molecule has 2 bridgehead atoms. The van der Waals surface area contributed by atoms with Gasteiger partial charge in [-0.1, -0.05) is 22.0 Å². The first kappa shape index (κ1) is 16.0. The lowest BCUT2D eigenvalue weighted by Gasteiger charge is -2.36. The van der Waals surface area contributed by atoms with E-state index in [9.17, 15) is 10.1 Å². The number of fused-ring (bicyclic) bond motifs is 5. The second-order valence-electron chi connectivity index (χ2n) is 7.46. The number of nitrogens with one attached hydrogen (secondary N) is 1. The number of amides is 1. The molecule has 0 aromatic heterocycles. The fourth-order valence-corrected chi connectivity index (χ4v) is 5.12. The number of carbonyl (C=O) groups is 1. The van der Waals surface area contributed by atoms with Crippen molar-refractivity contribution >= 4 is 21.8 Å². The summed E-state index contributed by atoms with van der Waals surface area (Å²) in [5, 5.41) is 12.7. The summed E-state index contributed by atoms with van der Waals surface area (Å²) in [6, 6.07) is 6.63. The molecule has 2 aliphatic heterocycles. The fraction of sp³-hybridized carbons (Fsp3) is 0.579. The van der Waals surface area contributed by atoms with Crippen molar-refractivity contribution in [3.8, 4) is 6.19 Å². The van der Waals surface area contributed by atoms with E-state index in [1.807, 2.05) is 11.0 Å². The average molecular weight is 388 g/mol. The molecular formula is C19H22BrN3O. The van der Waals surface area contributed by atoms with E-state index in [1.54, 1.807) is 0 Å². The van der Waals surface area contributed by atoms with Gasteiger partial charge in [-0.15, -0.1) is 0 Å². The van der Waals surface area contributed by atoms with Gasteiger partial charge in [0.2, 0.25) is 5.91 Å². The smallest absolute Gasteiger partial charge is 0.224 e. The van der Waals surface area contributed by atoms with Crippen molar-refractivity contribution in [1.29, 1.82) is 5.26 Å². The number of benzene rings is 1. The van der Waals surface area contributed by atoms with Gasteiger partial charge in [0.15, 0.2) is 6.19 Å². The first-order valence-corrected chi connectivity index (χ1v) is 9.67. The van der Waals surface area contributed by atoms with Crippen molar-refractivity contribution in [2.24, 2.45) is 11.8 Å². The third-order valence-corrected chi connectivity index (χ3v) is 6.52. The Morgan fingerprint density at radius 2 is 2.08 bits per heavy atom. The molecule has 2 heterocycles. The summed E-state index contributed by atoms with van der Waals surface area (Å²) in [6.07, 6.45) is 8.33. The van der Waals surface area contributed by atoms with Gasteiger partial charge in [-0.2, -0.15) is 5.26 Å². The number of nitrogens with zero attached hydrogens (tertiary/aromatic N) is 2. The molecule has 4 aliphatic rings. The molecule has 24 heavy (non-hydrogen) atoms. The van der Waals surface area contributed by atoms with Gasteiger partial charge in [0.05, 0.1) is 12.1 Å². The Morgan fingerprint density at radius 3 is 2.92 bits per heavy atom. The zero-order chi connectivity index (χ0) is 16.7. The highest BCUT2D eigenvalue weighted by Crippen LogP contribution is 2.35. The molecule has 1 aromatic carbocycles. The van der Waals surface area contributed by atoms with Gasteiger partial charge in [0.25, 0.3) is 0 Å². The van der Waals surface area contributed by atoms with Gasteiger partial charge in [-0.25, -0.2) is 0 Å². The van der Waals surface area contributed by atoms with Gasteiger partial charge in [-0.05, 0) is 67.7 Å². The largest absolute Gasteiger partial charge is 0.351 e. The molecule has 2 aliphatic carbocycles. The van der Waals surface area contributed by atoms with Gasteiger partial charge < -0.3 is 10.2 Å². The molecule has 5 rings (SSSR count). The van der Waals surface area contributed by atoms with Crippen LogP contribution in [-0.2, 0) is 17.6 Å². The molecule has 1 saturated carbocycles. The second kappa shape index (κ2) is 6.40. The number of hydrogen-bond acceptors (Lipinski definition) is 3. The molecule has 4 atom stereocenters. The van der Waals surface area contributed by atoms with Crippen LogP contribution in [0.25, 0.3) is 0 Å². The number of nitriles is 1. The highest BCUT2D eigenvalue weighted by Gasteiger charge is 2.39.